The smallest absolute Gasteiger partial charge is 0.425 e. The van der Waals surface area contributed by atoms with E-state index >= 15 is 0 Å². The van der Waals surface area contributed by atoms with Crippen LogP contribution in [-0.4, -0.2) is 135 Å². The zero-order valence-corrected chi connectivity index (χ0v) is 58.4. The lowest BCUT2D eigenvalue weighted by atomic mass is 10.2. The van der Waals surface area contributed by atoms with Crippen LogP contribution in [0.3, 0.4) is 0 Å². The molecule has 32 heteroatoms. The van der Waals surface area contributed by atoms with Gasteiger partial charge in [0.15, 0.2) is 6.29 Å². The second kappa shape index (κ2) is 39.5. The Labute approximate surface area is 551 Å². The monoisotopic (exact) mass is 1430 g/mol. The molecule has 28 nitrogen and oxygen atoms in total. The molecule has 91 heavy (non-hydrogen) atoms. The number of hydrogen-bond donors (Lipinski definition) is 6. The van der Waals surface area contributed by atoms with Crippen molar-refractivity contribution < 1.29 is 77.1 Å². The number of amides is 5. The molecule has 0 aliphatic heterocycles. The third kappa shape index (κ3) is 37.2. The summed E-state index contributed by atoms with van der Waals surface area (Å²) in [6, 6.07) is 16.3. The molecule has 2 unspecified atom stereocenters. The lowest BCUT2D eigenvalue weighted by Gasteiger charge is -2.28. The minimum Gasteiger partial charge on any atom is -0.480 e. The molecule has 0 saturated heterocycles. The molecule has 6 aromatic rings. The number of imide groups is 2. The zero-order valence-electron chi connectivity index (χ0n) is 53.5. The second-order valence-corrected chi connectivity index (χ2v) is 30.8. The Morgan fingerprint density at radius 1 is 0.648 bits per heavy atom. The number of nitrogens with zero attached hydrogens (tertiary/aromatic N) is 9. The Balaban J connectivity index is 0.00000114. The van der Waals surface area contributed by atoms with Crippen LogP contribution in [0.1, 0.15) is 113 Å². The largest absolute Gasteiger partial charge is 0.480 e. The number of ether oxygens (including phenoxy) is 4. The molecular formula is C59H79Br2ClN12O16Si. The Morgan fingerprint density at radius 3 is 1.26 bits per heavy atom. The molecule has 6 aromatic heterocycles. The molecule has 0 fully saturated rings. The lowest BCUT2D eigenvalue weighted by Crippen LogP contribution is -2.44. The average Bonchev–Trinajstić information content (AvgIpc) is 1.25. The van der Waals surface area contributed by atoms with Crippen molar-refractivity contribution in [2.45, 2.75) is 149 Å². The Bertz CT molecular complexity index is 3180. The van der Waals surface area contributed by atoms with Crippen LogP contribution in [0.15, 0.2) is 112 Å². The maximum atomic E-state index is 12.5. The summed E-state index contributed by atoms with van der Waals surface area (Å²) in [7, 11) is -1.10. The first kappa shape index (κ1) is 82.3. The van der Waals surface area contributed by atoms with E-state index in [4.69, 9.17) is 55.7 Å². The molecule has 0 spiro atoms. The van der Waals surface area contributed by atoms with Crippen LogP contribution in [0.2, 0.25) is 19.6 Å². The molecule has 496 valence electrons. The highest BCUT2D eigenvalue weighted by Gasteiger charge is 2.35. The summed E-state index contributed by atoms with van der Waals surface area (Å²) in [5.41, 5.74) is 8.71. The number of halogens is 3. The lowest BCUT2D eigenvalue weighted by molar-refractivity contribution is -0.135. The summed E-state index contributed by atoms with van der Waals surface area (Å²) in [6.45, 7) is 30.1. The molecule has 0 aliphatic carbocycles. The van der Waals surface area contributed by atoms with Crippen LogP contribution in [0, 0.1) is 12.0 Å². The van der Waals surface area contributed by atoms with Crippen LogP contribution in [0.4, 0.5) is 42.4 Å². The number of carboxylic acid groups (broad SMARTS) is 1. The number of carboxylic acids is 1. The predicted molar refractivity (Wildman–Crippen MR) is 353 cm³/mol. The Kier molecular flexibility index (Phi) is 35.7. The zero-order chi connectivity index (χ0) is 70.1. The van der Waals surface area contributed by atoms with Gasteiger partial charge in [-0.25, -0.2) is 39.1 Å². The highest BCUT2D eigenvalue weighted by Crippen LogP contribution is 2.25. The van der Waals surface area contributed by atoms with Crippen molar-refractivity contribution in [2.75, 3.05) is 20.9 Å². The van der Waals surface area contributed by atoms with Crippen LogP contribution < -0.4 is 25.8 Å². The molecule has 0 bridgehead atoms. The van der Waals surface area contributed by atoms with Crippen LogP contribution in [-0.2, 0) is 28.5 Å². The number of carbonyl (C=O) groups excluding carboxylic acids is 6. The van der Waals surface area contributed by atoms with Gasteiger partial charge in [-0.3, -0.25) is 14.4 Å². The van der Waals surface area contributed by atoms with E-state index in [2.05, 4.69) is 110 Å². The third-order valence-electron chi connectivity index (χ3n) is 9.05. The topological polar surface area (TPSA) is 390 Å². The molecule has 0 aliphatic rings. The third-order valence-corrected chi connectivity index (χ3v) is 10.7. The average molecular weight is 1440 g/mol. The highest BCUT2D eigenvalue weighted by atomic mass is 79.9. The van der Waals surface area contributed by atoms with E-state index in [0.717, 1.165) is 21.6 Å². The van der Waals surface area contributed by atoms with Crippen molar-refractivity contribution >= 4 is 124 Å². The van der Waals surface area contributed by atoms with Crippen LogP contribution >= 0.6 is 43.6 Å². The number of carbonyl (C=O) groups is 7. The van der Waals surface area contributed by atoms with Gasteiger partial charge in [-0.2, -0.15) is 9.80 Å². The molecule has 7 N–H and O–H groups in total. The summed E-state index contributed by atoms with van der Waals surface area (Å²) in [5.74, 6) is 0.102. The fraction of sp³-hybridized carbons (Fsp3) is 0.390. The van der Waals surface area contributed by atoms with Gasteiger partial charge >= 0.3 is 30.3 Å². The number of pyridine rings is 4. The van der Waals surface area contributed by atoms with E-state index in [1.54, 1.807) is 140 Å². The first-order chi connectivity index (χ1) is 42.0. The normalized spacial score (nSPS) is 11.5. The molecule has 0 aromatic carbocycles. The highest BCUT2D eigenvalue weighted by molar-refractivity contribution is 9.10. The van der Waals surface area contributed by atoms with E-state index < -0.39 is 65.6 Å². The van der Waals surface area contributed by atoms with Crippen LogP contribution in [0.25, 0.3) is 22.5 Å². The number of aldehydes is 1. The number of terminal acetylenes is 1. The van der Waals surface area contributed by atoms with Crippen molar-refractivity contribution in [3.8, 4) is 34.5 Å². The van der Waals surface area contributed by atoms with E-state index in [9.17, 15) is 33.6 Å². The van der Waals surface area contributed by atoms with E-state index in [1.807, 2.05) is 6.07 Å². The number of anilines is 4. The summed E-state index contributed by atoms with van der Waals surface area (Å²) >= 11 is 10.3. The first-order valence-electron chi connectivity index (χ1n) is 26.9. The number of nitrogen functional groups attached to an aromatic ring is 1. The van der Waals surface area contributed by atoms with Gasteiger partial charge in [0.25, 0.3) is 0 Å². The second-order valence-electron chi connectivity index (χ2n) is 23.1. The van der Waals surface area contributed by atoms with Gasteiger partial charge in [-0.15, -0.1) is 17.0 Å². The van der Waals surface area contributed by atoms with Gasteiger partial charge in [-0.05, 0) is 145 Å². The van der Waals surface area contributed by atoms with Crippen molar-refractivity contribution in [3.05, 3.63) is 109 Å². The fourth-order valence-corrected chi connectivity index (χ4v) is 5.26. The quantitative estimate of drug-likeness (QED) is 0.00901. The van der Waals surface area contributed by atoms with Crippen molar-refractivity contribution in [1.29, 1.82) is 0 Å². The number of aliphatic carboxylic acids is 1. The van der Waals surface area contributed by atoms with Gasteiger partial charge in [0.1, 0.15) is 82.5 Å². The Morgan fingerprint density at radius 2 is 1.01 bits per heavy atom. The standard InChI is InChI=1S/C18H23N3O5.C16H23N3O5.C11H10BrN3O2.C6H6N2O.C5H10Si.C3H5BrO2.ClH2NO/c1-17(2,3)25-15(22)21(16(23)26-18(4,5)6)14-8-7-12(11-19-14)13-9-10-24-20-13;1-15(2,3)23-13(20)19(14(21)24-16(4,5)6)12-8-7-11(9-17-12)10-18-22;1-7(12)11(16)14-10-3-2-8(6-13-10)9-4-5-17-15-9;7-6-2-1-5(4-9)3-8-6;1-5-6(2,3)4;1-2(4)3(5)6;1-2-3/h7-11H,1-6H3;7-10,22H,1-6H3;2-7H,1H3,(H,13,14,16);1-4H,(H2,7,8);1H,2-4H3;2H,1H3,(H,5,6);2-3H/b;18-10+;;;;;. The fourth-order valence-electron chi connectivity index (χ4n) is 5.15. The van der Waals surface area contributed by atoms with Crippen molar-refractivity contribution in [1.82, 2.24) is 35.2 Å². The van der Waals surface area contributed by atoms with Crippen molar-refractivity contribution in [2.24, 2.45) is 5.16 Å². The number of alkyl halides is 2. The predicted octanol–water partition coefficient (Wildman–Crippen LogP) is 13.4. The van der Waals surface area contributed by atoms with Crippen molar-refractivity contribution in [3.63, 3.8) is 0 Å². The Hall–Kier alpha value is -8.67. The van der Waals surface area contributed by atoms with Gasteiger partial charge in [0.2, 0.25) is 5.91 Å². The molecule has 0 saturated carbocycles. The summed E-state index contributed by atoms with van der Waals surface area (Å²) in [6.07, 6.45) is 12.3. The summed E-state index contributed by atoms with van der Waals surface area (Å²) in [4.78, 5) is 99.0. The van der Waals surface area contributed by atoms with Gasteiger partial charge in [0.05, 0.1) is 11.0 Å². The number of hydrogen-bond acceptors (Lipinski definition) is 24. The van der Waals surface area contributed by atoms with Gasteiger partial charge in [-0.1, -0.05) is 67.0 Å². The van der Waals surface area contributed by atoms with Gasteiger partial charge < -0.3 is 54.6 Å². The summed E-state index contributed by atoms with van der Waals surface area (Å²) in [5, 5.41) is 36.7. The number of nitrogens with two attached hydrogens (primary N) is 1. The summed E-state index contributed by atoms with van der Waals surface area (Å²) < 4.78 is 30.7. The molecule has 6 heterocycles. The number of oxime groups is 1. The number of aromatic nitrogens is 6. The number of nitrogens with one attached hydrogen (secondary N) is 2. The van der Waals surface area contributed by atoms with Crippen LogP contribution in [0.5, 0.6) is 0 Å². The van der Waals surface area contributed by atoms with E-state index in [-0.39, 0.29) is 22.4 Å². The van der Waals surface area contributed by atoms with Gasteiger partial charge in [0, 0.05) is 71.0 Å². The minimum atomic E-state index is -1.10. The molecule has 2 atom stereocenters. The molecule has 6 rings (SSSR count). The van der Waals surface area contributed by atoms with E-state index in [0.29, 0.717) is 39.7 Å². The molecular weight excluding hydrogens is 1360 g/mol. The first-order valence-corrected chi connectivity index (χ1v) is 32.6. The SMILES string of the molecule is C#C[Si](C)(C)C.CC(Br)C(=O)Nc1ccc(-c2ccon2)cn1.CC(Br)C(=O)O.CC(C)(C)OC(=O)N(C(=O)OC(C)(C)C)c1ccc(-c2ccon2)cn1.CC(C)(C)OC(=O)N(C(=O)OC(C)(C)C)c1ccc(/C=N/O)cn1.Nc1ccc(C=O)cn1.ONCl. The minimum absolute atomic E-state index is 0.0357. The number of rotatable bonds is 9. The maximum absolute atomic E-state index is 12.5. The molecule has 0 radical (unpaired) electrons. The maximum Gasteiger partial charge on any atom is 0.425 e. The van der Waals surface area contributed by atoms with E-state index in [1.165, 1.54) is 60.5 Å². The molecule has 5 amide bonds.